The fourth-order valence-electron chi connectivity index (χ4n) is 2.88. The second-order valence-electron chi connectivity index (χ2n) is 6.74. The number of nitrogens with zero attached hydrogens (tertiary/aromatic N) is 2. The van der Waals surface area contributed by atoms with Gasteiger partial charge in [0.2, 0.25) is 0 Å². The van der Waals surface area contributed by atoms with Crippen LogP contribution in [-0.2, 0) is 0 Å². The number of nitrogens with one attached hydrogen (secondary N) is 2. The second kappa shape index (κ2) is 10.8. The Morgan fingerprint density at radius 3 is 2.27 bits per heavy atom. The number of amides is 3. The fourth-order valence-corrected chi connectivity index (χ4v) is 3.37. The lowest BCUT2D eigenvalue weighted by molar-refractivity contribution is -0.384. The van der Waals surface area contributed by atoms with Gasteiger partial charge in [-0.2, -0.15) is 0 Å². The zero-order valence-corrected chi connectivity index (χ0v) is 18.4. The minimum atomic E-state index is -0.575. The molecule has 0 unspecified atom stereocenters. The molecule has 0 aliphatic rings. The third kappa shape index (κ3) is 6.41. The van der Waals surface area contributed by atoms with E-state index in [-0.39, 0.29) is 29.4 Å². The molecule has 0 aromatic heterocycles. The molecular formula is C22H17Cl2FN4O4. The van der Waals surface area contributed by atoms with E-state index >= 15 is 0 Å². The number of rotatable bonds is 7. The first-order chi connectivity index (χ1) is 15.7. The summed E-state index contributed by atoms with van der Waals surface area (Å²) >= 11 is 11.9. The highest BCUT2D eigenvalue weighted by atomic mass is 35.5. The average molecular weight is 491 g/mol. The van der Waals surface area contributed by atoms with Gasteiger partial charge in [0.25, 0.3) is 11.6 Å². The monoisotopic (exact) mass is 490 g/mol. The fraction of sp³-hybridized carbons (Fsp3) is 0.0909. The highest BCUT2D eigenvalue weighted by Gasteiger charge is 2.18. The van der Waals surface area contributed by atoms with Crippen LogP contribution >= 0.6 is 23.2 Å². The molecule has 0 spiro atoms. The van der Waals surface area contributed by atoms with Crippen LogP contribution in [0.15, 0.2) is 66.7 Å². The molecule has 0 aliphatic heterocycles. The number of nitro groups is 1. The van der Waals surface area contributed by atoms with Gasteiger partial charge in [-0.15, -0.1) is 0 Å². The lowest BCUT2D eigenvalue weighted by Gasteiger charge is -2.23. The normalized spacial score (nSPS) is 10.4. The number of halogens is 3. The Labute approximate surface area is 198 Å². The molecule has 170 valence electrons. The number of urea groups is 1. The van der Waals surface area contributed by atoms with Gasteiger partial charge in [0, 0.05) is 41.6 Å². The quantitative estimate of drug-likeness (QED) is 0.336. The Kier molecular flexibility index (Phi) is 7.81. The van der Waals surface area contributed by atoms with E-state index in [1.165, 1.54) is 71.6 Å². The Morgan fingerprint density at radius 2 is 1.67 bits per heavy atom. The molecule has 0 aliphatic carbocycles. The summed E-state index contributed by atoms with van der Waals surface area (Å²) in [5, 5.41) is 16.7. The Balaban J connectivity index is 1.71. The van der Waals surface area contributed by atoms with E-state index in [9.17, 15) is 24.1 Å². The molecule has 3 rings (SSSR count). The first kappa shape index (κ1) is 24.0. The van der Waals surface area contributed by atoms with Crippen molar-refractivity contribution >= 4 is 52.2 Å². The van der Waals surface area contributed by atoms with Crippen molar-refractivity contribution in [3.8, 4) is 0 Å². The molecule has 0 saturated heterocycles. The molecule has 2 N–H and O–H groups in total. The smallest absolute Gasteiger partial charge is 0.326 e. The summed E-state index contributed by atoms with van der Waals surface area (Å²) in [5.74, 6) is -0.924. The molecule has 33 heavy (non-hydrogen) atoms. The Hall–Kier alpha value is -3.69. The molecule has 0 atom stereocenters. The summed E-state index contributed by atoms with van der Waals surface area (Å²) in [7, 11) is 0. The lowest BCUT2D eigenvalue weighted by atomic mass is 10.2. The largest absolute Gasteiger partial charge is 0.350 e. The summed E-state index contributed by atoms with van der Waals surface area (Å²) in [6.45, 7) is 0.101. The molecule has 0 saturated carbocycles. The summed E-state index contributed by atoms with van der Waals surface area (Å²) in [4.78, 5) is 36.9. The van der Waals surface area contributed by atoms with E-state index < -0.39 is 22.7 Å². The predicted molar refractivity (Wildman–Crippen MR) is 125 cm³/mol. The van der Waals surface area contributed by atoms with Gasteiger partial charge in [0.15, 0.2) is 0 Å². The molecule has 0 fully saturated rings. The van der Waals surface area contributed by atoms with E-state index in [4.69, 9.17) is 23.2 Å². The number of carbonyl (C=O) groups is 2. The number of benzene rings is 3. The second-order valence-corrected chi connectivity index (χ2v) is 7.59. The van der Waals surface area contributed by atoms with Crippen molar-refractivity contribution in [2.75, 3.05) is 23.3 Å². The number of non-ortho nitro benzene ring substituents is 1. The van der Waals surface area contributed by atoms with E-state index in [2.05, 4.69) is 10.6 Å². The van der Waals surface area contributed by atoms with Crippen LogP contribution in [-0.4, -0.2) is 30.0 Å². The van der Waals surface area contributed by atoms with Gasteiger partial charge in [-0.3, -0.25) is 19.8 Å². The van der Waals surface area contributed by atoms with Gasteiger partial charge >= 0.3 is 6.03 Å². The van der Waals surface area contributed by atoms with Crippen LogP contribution in [0.2, 0.25) is 10.0 Å². The lowest BCUT2D eigenvalue weighted by Crippen LogP contribution is -2.41. The van der Waals surface area contributed by atoms with Crippen LogP contribution in [0.3, 0.4) is 0 Å². The van der Waals surface area contributed by atoms with Crippen LogP contribution in [0.1, 0.15) is 10.4 Å². The number of hydrogen-bond acceptors (Lipinski definition) is 4. The minimum absolute atomic E-state index is 0.0431. The molecular weight excluding hydrogens is 474 g/mol. The summed E-state index contributed by atoms with van der Waals surface area (Å²) in [6, 6.07) is 14.4. The van der Waals surface area contributed by atoms with Crippen LogP contribution in [0, 0.1) is 15.9 Å². The van der Waals surface area contributed by atoms with Crippen molar-refractivity contribution in [1.29, 1.82) is 0 Å². The van der Waals surface area contributed by atoms with Crippen molar-refractivity contribution in [3.05, 3.63) is 98.3 Å². The van der Waals surface area contributed by atoms with Crippen molar-refractivity contribution in [3.63, 3.8) is 0 Å². The molecule has 11 heteroatoms. The molecule has 3 aromatic rings. The number of carbonyl (C=O) groups excluding carboxylic acids is 2. The van der Waals surface area contributed by atoms with E-state index in [0.717, 1.165) is 0 Å². The summed E-state index contributed by atoms with van der Waals surface area (Å²) < 4.78 is 13.4. The van der Waals surface area contributed by atoms with Crippen LogP contribution in [0.25, 0.3) is 0 Å². The number of anilines is 2. The zero-order valence-electron chi connectivity index (χ0n) is 16.9. The molecule has 0 heterocycles. The van der Waals surface area contributed by atoms with Gasteiger partial charge in [0.05, 0.1) is 15.5 Å². The zero-order chi connectivity index (χ0) is 24.0. The molecule has 0 bridgehead atoms. The van der Waals surface area contributed by atoms with Gasteiger partial charge in [-0.1, -0.05) is 23.2 Å². The van der Waals surface area contributed by atoms with E-state index in [0.29, 0.717) is 16.4 Å². The maximum atomic E-state index is 13.4. The minimum Gasteiger partial charge on any atom is -0.350 e. The maximum Gasteiger partial charge on any atom is 0.326 e. The highest BCUT2D eigenvalue weighted by molar-refractivity contribution is 6.36. The third-order valence-corrected chi connectivity index (χ3v) is 5.06. The third-order valence-electron chi connectivity index (χ3n) is 4.51. The van der Waals surface area contributed by atoms with Crippen LogP contribution in [0.4, 0.5) is 26.2 Å². The van der Waals surface area contributed by atoms with Crippen molar-refractivity contribution in [1.82, 2.24) is 5.32 Å². The Morgan fingerprint density at radius 1 is 1.00 bits per heavy atom. The summed E-state index contributed by atoms with van der Waals surface area (Å²) in [6.07, 6.45) is 0. The maximum absolute atomic E-state index is 13.4. The number of hydrogen-bond donors (Lipinski definition) is 2. The van der Waals surface area contributed by atoms with Crippen LogP contribution < -0.4 is 15.5 Å². The summed E-state index contributed by atoms with van der Waals surface area (Å²) in [5.41, 5.74) is 0.820. The topological polar surface area (TPSA) is 105 Å². The van der Waals surface area contributed by atoms with Gasteiger partial charge in [-0.05, 0) is 54.6 Å². The van der Waals surface area contributed by atoms with E-state index in [1.54, 1.807) is 0 Å². The highest BCUT2D eigenvalue weighted by Crippen LogP contribution is 2.21. The van der Waals surface area contributed by atoms with Crippen molar-refractivity contribution < 1.29 is 18.9 Å². The first-order valence-electron chi connectivity index (χ1n) is 9.56. The van der Waals surface area contributed by atoms with Gasteiger partial charge < -0.3 is 10.6 Å². The SMILES string of the molecule is O=C(NCCN(C(=O)Nc1ccc([N+](=O)[O-])cc1)c1ccc(F)cc1)c1ccc(Cl)cc1Cl. The number of nitro benzene ring substituents is 1. The van der Waals surface area contributed by atoms with E-state index in [1.807, 2.05) is 0 Å². The first-order valence-corrected chi connectivity index (χ1v) is 10.3. The average Bonchev–Trinajstić information content (AvgIpc) is 2.77. The van der Waals surface area contributed by atoms with Gasteiger partial charge in [0.1, 0.15) is 5.82 Å². The standard InChI is InChI=1S/C22H17Cl2FN4O4/c23-14-1-10-19(20(24)13-14)21(30)26-11-12-28(17-6-2-15(25)3-7-17)22(31)27-16-4-8-18(9-5-16)29(32)33/h1-10,13H,11-12H2,(H,26,30)(H,27,31). The molecule has 0 radical (unpaired) electrons. The Bertz CT molecular complexity index is 1170. The van der Waals surface area contributed by atoms with Gasteiger partial charge in [-0.25, -0.2) is 9.18 Å². The molecule has 8 nitrogen and oxygen atoms in total. The molecule has 3 aromatic carbocycles. The van der Waals surface area contributed by atoms with Crippen molar-refractivity contribution in [2.45, 2.75) is 0 Å². The van der Waals surface area contributed by atoms with Crippen molar-refractivity contribution in [2.24, 2.45) is 0 Å². The predicted octanol–water partition coefficient (Wildman–Crippen LogP) is 5.51. The molecule has 3 amide bonds. The van der Waals surface area contributed by atoms with Crippen LogP contribution in [0.5, 0.6) is 0 Å².